The number of carbonyl (C=O) groups excluding carboxylic acids is 2. The molecule has 6 nitrogen and oxygen atoms in total. The van der Waals surface area contributed by atoms with Crippen molar-refractivity contribution in [2.75, 3.05) is 0 Å². The molecule has 0 aliphatic carbocycles. The van der Waals surface area contributed by atoms with E-state index in [9.17, 15) is 9.59 Å². The molecule has 2 aromatic rings. The first-order valence-electron chi connectivity index (χ1n) is 6.84. The number of amides is 2. The van der Waals surface area contributed by atoms with Crippen LogP contribution in [0.5, 0.6) is 0 Å². The Morgan fingerprint density at radius 1 is 1.17 bits per heavy atom. The topological polar surface area (TPSA) is 97.4 Å². The summed E-state index contributed by atoms with van der Waals surface area (Å²) in [5.41, 5.74) is 6.02. The van der Waals surface area contributed by atoms with Crippen molar-refractivity contribution in [3.05, 3.63) is 70.8 Å². The molecule has 1 heterocycles. The Balaban J connectivity index is 1.92. The lowest BCUT2D eigenvalue weighted by Gasteiger charge is -2.07. The van der Waals surface area contributed by atoms with E-state index in [2.05, 4.69) is 10.6 Å². The molecular weight excluding hydrogens is 318 g/mol. The van der Waals surface area contributed by atoms with Gasteiger partial charge in [0.05, 0.1) is 12.8 Å². The average molecular weight is 334 g/mol. The predicted molar refractivity (Wildman–Crippen MR) is 86.1 cm³/mol. The largest absolute Gasteiger partial charge is 0.467 e. The highest BCUT2D eigenvalue weighted by molar-refractivity contribution is 6.30. The van der Waals surface area contributed by atoms with Crippen LogP contribution < -0.4 is 16.4 Å². The average Bonchev–Trinajstić information content (AvgIpc) is 3.04. The van der Waals surface area contributed by atoms with Gasteiger partial charge in [-0.15, -0.1) is 0 Å². The van der Waals surface area contributed by atoms with Gasteiger partial charge in [0.15, 0.2) is 0 Å². The molecule has 4 N–H and O–H groups in total. The number of hydrogen-bond acceptors (Lipinski definition) is 4. The number of benzene rings is 1. The molecule has 0 saturated carbocycles. The standard InChI is InChI=1S/C16H16ClN3O3/c17-12-5-3-11(4-6-12)8-19-10-14(15(18)21)16(22)20-9-13-2-1-7-23-13/h1-7,10,19H,8-9H2,(H2,18,21)(H,20,22)/b14-10+. The van der Waals surface area contributed by atoms with Gasteiger partial charge >= 0.3 is 0 Å². The maximum atomic E-state index is 12.0. The van der Waals surface area contributed by atoms with Gasteiger partial charge in [-0.3, -0.25) is 9.59 Å². The van der Waals surface area contributed by atoms with E-state index in [1.807, 2.05) is 12.1 Å². The SMILES string of the molecule is NC(=O)/C(=C\NCc1ccc(Cl)cc1)C(=O)NCc1ccco1. The molecule has 1 aromatic heterocycles. The summed E-state index contributed by atoms with van der Waals surface area (Å²) in [7, 11) is 0. The monoisotopic (exact) mass is 333 g/mol. The van der Waals surface area contributed by atoms with Crippen molar-refractivity contribution in [3.63, 3.8) is 0 Å². The molecule has 0 aliphatic rings. The Labute approximate surface area is 138 Å². The third kappa shape index (κ3) is 5.19. The molecule has 0 atom stereocenters. The van der Waals surface area contributed by atoms with E-state index in [1.54, 1.807) is 24.3 Å². The number of primary amides is 1. The Morgan fingerprint density at radius 3 is 2.52 bits per heavy atom. The number of nitrogens with two attached hydrogens (primary N) is 1. The van der Waals surface area contributed by atoms with Crippen LogP contribution in [0.15, 0.2) is 58.9 Å². The molecule has 23 heavy (non-hydrogen) atoms. The van der Waals surface area contributed by atoms with Crippen molar-refractivity contribution < 1.29 is 14.0 Å². The molecule has 0 unspecified atom stereocenters. The maximum absolute atomic E-state index is 12.0. The summed E-state index contributed by atoms with van der Waals surface area (Å²) in [5.74, 6) is -0.806. The zero-order valence-electron chi connectivity index (χ0n) is 12.2. The second-order valence-corrected chi connectivity index (χ2v) is 5.13. The van der Waals surface area contributed by atoms with Gasteiger partial charge in [0.25, 0.3) is 11.8 Å². The number of nitrogens with one attached hydrogen (secondary N) is 2. The molecule has 0 fully saturated rings. The molecule has 1 aromatic carbocycles. The summed E-state index contributed by atoms with van der Waals surface area (Å²) < 4.78 is 5.10. The lowest BCUT2D eigenvalue weighted by molar-refractivity contribution is -0.122. The van der Waals surface area contributed by atoms with Gasteiger partial charge in [0, 0.05) is 17.8 Å². The van der Waals surface area contributed by atoms with Crippen molar-refractivity contribution in [3.8, 4) is 0 Å². The number of halogens is 1. The van der Waals surface area contributed by atoms with Crippen molar-refractivity contribution in [1.82, 2.24) is 10.6 Å². The number of furan rings is 1. The third-order valence-electron chi connectivity index (χ3n) is 2.98. The first kappa shape index (κ1) is 16.6. The third-order valence-corrected chi connectivity index (χ3v) is 3.23. The first-order valence-corrected chi connectivity index (χ1v) is 7.22. The van der Waals surface area contributed by atoms with Gasteiger partial charge in [-0.2, -0.15) is 0 Å². The van der Waals surface area contributed by atoms with Crippen LogP contribution in [0.1, 0.15) is 11.3 Å². The second-order valence-electron chi connectivity index (χ2n) is 4.69. The van der Waals surface area contributed by atoms with E-state index < -0.39 is 11.8 Å². The lowest BCUT2D eigenvalue weighted by atomic mass is 10.2. The van der Waals surface area contributed by atoms with E-state index in [-0.39, 0.29) is 12.1 Å². The highest BCUT2D eigenvalue weighted by Gasteiger charge is 2.15. The van der Waals surface area contributed by atoms with Crippen molar-refractivity contribution in [2.24, 2.45) is 5.73 Å². The summed E-state index contributed by atoms with van der Waals surface area (Å²) >= 11 is 5.80. The molecule has 0 bridgehead atoms. The summed E-state index contributed by atoms with van der Waals surface area (Å²) in [6, 6.07) is 10.6. The zero-order chi connectivity index (χ0) is 16.7. The summed E-state index contributed by atoms with van der Waals surface area (Å²) in [6.07, 6.45) is 2.80. The van der Waals surface area contributed by atoms with Gasteiger partial charge in [-0.25, -0.2) is 0 Å². The maximum Gasteiger partial charge on any atom is 0.258 e. The zero-order valence-corrected chi connectivity index (χ0v) is 13.0. The van der Waals surface area contributed by atoms with Crippen LogP contribution in [0, 0.1) is 0 Å². The van der Waals surface area contributed by atoms with E-state index in [0.717, 1.165) is 5.56 Å². The predicted octanol–water partition coefficient (Wildman–Crippen LogP) is 1.71. The Kier molecular flexibility index (Phi) is 5.82. The molecule has 0 radical (unpaired) electrons. The Morgan fingerprint density at radius 2 is 1.91 bits per heavy atom. The number of rotatable bonds is 7. The van der Waals surface area contributed by atoms with Gasteiger partial charge in [-0.05, 0) is 29.8 Å². The fraction of sp³-hybridized carbons (Fsp3) is 0.125. The van der Waals surface area contributed by atoms with E-state index >= 15 is 0 Å². The smallest absolute Gasteiger partial charge is 0.258 e. The molecule has 7 heteroatoms. The molecule has 0 aliphatic heterocycles. The molecule has 2 amide bonds. The van der Waals surface area contributed by atoms with Gasteiger partial charge in [0.1, 0.15) is 11.3 Å². The van der Waals surface area contributed by atoms with Crippen LogP contribution in [-0.2, 0) is 22.7 Å². The molecule has 2 rings (SSSR count). The van der Waals surface area contributed by atoms with Crippen molar-refractivity contribution >= 4 is 23.4 Å². The molecule has 120 valence electrons. The summed E-state index contributed by atoms with van der Waals surface area (Å²) in [6.45, 7) is 0.604. The fourth-order valence-electron chi connectivity index (χ4n) is 1.80. The minimum atomic E-state index is -0.814. The molecule has 0 saturated heterocycles. The van der Waals surface area contributed by atoms with Crippen LogP contribution in [-0.4, -0.2) is 11.8 Å². The summed E-state index contributed by atoms with van der Waals surface area (Å²) in [4.78, 5) is 23.4. The second kappa shape index (κ2) is 8.05. The van der Waals surface area contributed by atoms with Crippen molar-refractivity contribution in [2.45, 2.75) is 13.1 Å². The van der Waals surface area contributed by atoms with Crippen LogP contribution in [0.25, 0.3) is 0 Å². The Hall–Kier alpha value is -2.73. The van der Waals surface area contributed by atoms with Crippen LogP contribution in [0.2, 0.25) is 5.02 Å². The number of carbonyl (C=O) groups is 2. The fourth-order valence-corrected chi connectivity index (χ4v) is 1.92. The summed E-state index contributed by atoms with van der Waals surface area (Å²) in [5, 5.41) is 6.09. The minimum Gasteiger partial charge on any atom is -0.467 e. The van der Waals surface area contributed by atoms with Gasteiger partial charge < -0.3 is 20.8 Å². The highest BCUT2D eigenvalue weighted by Crippen LogP contribution is 2.09. The molecular formula is C16H16ClN3O3. The van der Waals surface area contributed by atoms with Crippen LogP contribution in [0.4, 0.5) is 0 Å². The van der Waals surface area contributed by atoms with E-state index in [0.29, 0.717) is 17.3 Å². The lowest BCUT2D eigenvalue weighted by Crippen LogP contribution is -2.32. The first-order chi connectivity index (χ1) is 11.1. The van der Waals surface area contributed by atoms with Gasteiger partial charge in [-0.1, -0.05) is 23.7 Å². The van der Waals surface area contributed by atoms with Crippen LogP contribution >= 0.6 is 11.6 Å². The Bertz CT molecular complexity index is 694. The minimum absolute atomic E-state index is 0.162. The number of hydrogen-bond donors (Lipinski definition) is 3. The highest BCUT2D eigenvalue weighted by atomic mass is 35.5. The van der Waals surface area contributed by atoms with E-state index in [4.69, 9.17) is 21.8 Å². The van der Waals surface area contributed by atoms with Crippen LogP contribution in [0.3, 0.4) is 0 Å². The van der Waals surface area contributed by atoms with E-state index in [1.165, 1.54) is 12.5 Å². The normalized spacial score (nSPS) is 11.1. The van der Waals surface area contributed by atoms with Crippen molar-refractivity contribution in [1.29, 1.82) is 0 Å². The molecule has 0 spiro atoms. The van der Waals surface area contributed by atoms with Gasteiger partial charge in [0.2, 0.25) is 0 Å². The quantitative estimate of drug-likeness (QED) is 0.408.